The van der Waals surface area contributed by atoms with Crippen molar-refractivity contribution >= 4 is 32.7 Å². The maximum atomic E-state index is 12.9. The topological polar surface area (TPSA) is 93.5 Å². The number of morpholine rings is 1. The summed E-state index contributed by atoms with van der Waals surface area (Å²) in [5, 5.41) is 2.93. The molecule has 0 spiro atoms. The molecule has 0 bridgehead atoms. The van der Waals surface area contributed by atoms with Crippen LogP contribution in [-0.2, 0) is 33.0 Å². The molecule has 0 unspecified atom stereocenters. The summed E-state index contributed by atoms with van der Waals surface area (Å²) in [7, 11) is -1.71. The summed E-state index contributed by atoms with van der Waals surface area (Å²) in [5.74, 6) is 0.645. The lowest BCUT2D eigenvalue weighted by molar-refractivity contribution is -0.116. The first-order valence-electron chi connectivity index (χ1n) is 10.7. The number of carbonyl (C=O) groups excluding carboxylic acids is 1. The van der Waals surface area contributed by atoms with Gasteiger partial charge in [0.25, 0.3) is 0 Å². The highest BCUT2D eigenvalue weighted by Gasteiger charge is 2.27. The molecule has 1 N–H and O–H groups in total. The van der Waals surface area contributed by atoms with Crippen molar-refractivity contribution in [2.75, 3.05) is 31.6 Å². The van der Waals surface area contributed by atoms with Gasteiger partial charge in [0, 0.05) is 38.7 Å². The third kappa shape index (κ3) is 4.55. The Bertz CT molecular complexity index is 1260. The largest absolute Gasteiger partial charge is 0.379 e. The Kier molecular flexibility index (Phi) is 6.32. The number of hydrogen-bond acceptors (Lipinski definition) is 5. The third-order valence-electron chi connectivity index (χ3n) is 5.92. The van der Waals surface area contributed by atoms with Crippen LogP contribution in [0.25, 0.3) is 11.0 Å². The van der Waals surface area contributed by atoms with Gasteiger partial charge in [-0.25, -0.2) is 13.4 Å². The maximum Gasteiger partial charge on any atom is 0.243 e. The van der Waals surface area contributed by atoms with E-state index in [0.717, 1.165) is 22.6 Å². The molecule has 3 aromatic rings. The molecule has 1 aliphatic heterocycles. The number of nitrogens with one attached hydrogen (secondary N) is 1. The molecule has 1 aromatic heterocycles. The number of imidazole rings is 1. The number of nitrogens with zero attached hydrogens (tertiary/aromatic N) is 3. The van der Waals surface area contributed by atoms with E-state index in [1.807, 2.05) is 43.7 Å². The van der Waals surface area contributed by atoms with Crippen molar-refractivity contribution in [2.24, 2.45) is 7.05 Å². The van der Waals surface area contributed by atoms with Crippen LogP contribution in [0.2, 0.25) is 0 Å². The standard InChI is InChI=1S/C23H28N4O4S/c1-16-4-5-18(14-17(16)2)24-23(28)9-8-22-25-20-15-19(6-7-21(20)26(22)3)32(29,30)27-10-12-31-13-11-27/h4-7,14-15H,8-13H2,1-3H3,(H,24,28). The van der Waals surface area contributed by atoms with Crippen molar-refractivity contribution in [3.8, 4) is 0 Å². The van der Waals surface area contributed by atoms with Crippen LogP contribution in [-0.4, -0.2) is 54.5 Å². The third-order valence-corrected chi connectivity index (χ3v) is 7.81. The fourth-order valence-electron chi connectivity index (χ4n) is 3.82. The first-order valence-corrected chi connectivity index (χ1v) is 12.1. The molecule has 0 radical (unpaired) electrons. The molecule has 2 heterocycles. The van der Waals surface area contributed by atoms with Crippen LogP contribution in [0, 0.1) is 13.8 Å². The normalized spacial score (nSPS) is 15.2. The minimum atomic E-state index is -3.58. The fraction of sp³-hybridized carbons (Fsp3) is 0.391. The molecule has 1 saturated heterocycles. The zero-order valence-electron chi connectivity index (χ0n) is 18.6. The SMILES string of the molecule is Cc1ccc(NC(=O)CCc2nc3cc(S(=O)(=O)N4CCOCC4)ccc3n2C)cc1C. The van der Waals surface area contributed by atoms with Crippen molar-refractivity contribution in [1.29, 1.82) is 0 Å². The molecule has 9 heteroatoms. The minimum Gasteiger partial charge on any atom is -0.379 e. The van der Waals surface area contributed by atoms with Crippen molar-refractivity contribution in [2.45, 2.75) is 31.6 Å². The Morgan fingerprint density at radius 1 is 1.09 bits per heavy atom. The molecule has 1 fully saturated rings. The summed E-state index contributed by atoms with van der Waals surface area (Å²) >= 11 is 0. The van der Waals surface area contributed by atoms with Crippen molar-refractivity contribution < 1.29 is 17.9 Å². The molecule has 8 nitrogen and oxygen atoms in total. The number of carbonyl (C=O) groups is 1. The second-order valence-corrected chi connectivity index (χ2v) is 10.0. The summed E-state index contributed by atoms with van der Waals surface area (Å²) in [5.41, 5.74) is 4.52. The van der Waals surface area contributed by atoms with Crippen LogP contribution in [0.1, 0.15) is 23.4 Å². The molecule has 0 saturated carbocycles. The van der Waals surface area contributed by atoms with Gasteiger partial charge in [0.2, 0.25) is 15.9 Å². The second kappa shape index (κ2) is 9.01. The van der Waals surface area contributed by atoms with Gasteiger partial charge in [-0.2, -0.15) is 4.31 Å². The zero-order chi connectivity index (χ0) is 22.9. The lowest BCUT2D eigenvalue weighted by atomic mass is 10.1. The van der Waals surface area contributed by atoms with E-state index in [2.05, 4.69) is 10.3 Å². The number of ether oxygens (including phenoxy) is 1. The van der Waals surface area contributed by atoms with Gasteiger partial charge < -0.3 is 14.6 Å². The highest BCUT2D eigenvalue weighted by molar-refractivity contribution is 7.89. The molecule has 0 atom stereocenters. The Morgan fingerprint density at radius 2 is 1.84 bits per heavy atom. The average Bonchev–Trinajstić information content (AvgIpc) is 3.10. The van der Waals surface area contributed by atoms with Crippen LogP contribution >= 0.6 is 0 Å². The van der Waals surface area contributed by atoms with Gasteiger partial charge in [-0.3, -0.25) is 4.79 Å². The quantitative estimate of drug-likeness (QED) is 0.616. The van der Waals surface area contributed by atoms with Gasteiger partial charge in [0.05, 0.1) is 29.1 Å². The molecule has 2 aromatic carbocycles. The Hall–Kier alpha value is -2.75. The Labute approximate surface area is 188 Å². The highest BCUT2D eigenvalue weighted by Crippen LogP contribution is 2.23. The predicted molar refractivity (Wildman–Crippen MR) is 123 cm³/mol. The summed E-state index contributed by atoms with van der Waals surface area (Å²) in [6.07, 6.45) is 0.733. The first kappa shape index (κ1) is 22.4. The minimum absolute atomic E-state index is 0.0871. The summed E-state index contributed by atoms with van der Waals surface area (Å²) in [4.78, 5) is 17.3. The number of sulfonamides is 1. The number of anilines is 1. The van der Waals surface area contributed by atoms with E-state index in [4.69, 9.17) is 4.74 Å². The van der Waals surface area contributed by atoms with Gasteiger partial charge >= 0.3 is 0 Å². The molecular formula is C23H28N4O4S. The van der Waals surface area contributed by atoms with E-state index in [1.54, 1.807) is 18.2 Å². The number of fused-ring (bicyclic) bond motifs is 1. The van der Waals surface area contributed by atoms with Gasteiger partial charge in [0.1, 0.15) is 5.82 Å². The van der Waals surface area contributed by atoms with Crippen LogP contribution in [0.15, 0.2) is 41.3 Å². The Balaban J connectivity index is 1.48. The van der Waals surface area contributed by atoms with Crippen molar-refractivity contribution in [3.05, 3.63) is 53.3 Å². The van der Waals surface area contributed by atoms with E-state index in [1.165, 1.54) is 9.87 Å². The lowest BCUT2D eigenvalue weighted by Crippen LogP contribution is -2.40. The smallest absolute Gasteiger partial charge is 0.243 e. The number of aromatic nitrogens is 2. The second-order valence-electron chi connectivity index (χ2n) is 8.10. The first-order chi connectivity index (χ1) is 15.3. The average molecular weight is 457 g/mol. The van der Waals surface area contributed by atoms with Crippen LogP contribution in [0.5, 0.6) is 0 Å². The van der Waals surface area contributed by atoms with Gasteiger partial charge in [0.15, 0.2) is 0 Å². The molecule has 1 amide bonds. The maximum absolute atomic E-state index is 12.9. The van der Waals surface area contributed by atoms with E-state index in [9.17, 15) is 13.2 Å². The van der Waals surface area contributed by atoms with Crippen molar-refractivity contribution in [1.82, 2.24) is 13.9 Å². The van der Waals surface area contributed by atoms with E-state index >= 15 is 0 Å². The van der Waals surface area contributed by atoms with Gasteiger partial charge in [-0.1, -0.05) is 6.07 Å². The fourth-order valence-corrected chi connectivity index (χ4v) is 5.25. The van der Waals surface area contributed by atoms with Gasteiger partial charge in [-0.05, 0) is 55.3 Å². The number of amides is 1. The van der Waals surface area contributed by atoms with E-state index in [0.29, 0.717) is 38.2 Å². The number of aryl methyl sites for hydroxylation is 4. The van der Waals surface area contributed by atoms with Crippen LogP contribution < -0.4 is 5.32 Å². The number of benzene rings is 2. The molecule has 4 rings (SSSR count). The van der Waals surface area contributed by atoms with Crippen molar-refractivity contribution in [3.63, 3.8) is 0 Å². The van der Waals surface area contributed by atoms with E-state index < -0.39 is 10.0 Å². The number of hydrogen-bond donors (Lipinski definition) is 1. The van der Waals surface area contributed by atoms with Crippen LogP contribution in [0.3, 0.4) is 0 Å². The monoisotopic (exact) mass is 456 g/mol. The molecule has 1 aliphatic rings. The van der Waals surface area contributed by atoms with E-state index in [-0.39, 0.29) is 17.2 Å². The summed E-state index contributed by atoms with van der Waals surface area (Å²) in [6.45, 7) is 5.55. The molecule has 0 aliphatic carbocycles. The van der Waals surface area contributed by atoms with Crippen LogP contribution in [0.4, 0.5) is 5.69 Å². The molecule has 32 heavy (non-hydrogen) atoms. The summed E-state index contributed by atoms with van der Waals surface area (Å²) < 4.78 is 34.5. The zero-order valence-corrected chi connectivity index (χ0v) is 19.4. The summed E-state index contributed by atoms with van der Waals surface area (Å²) in [6, 6.07) is 10.8. The molecular weight excluding hydrogens is 428 g/mol. The van der Waals surface area contributed by atoms with Gasteiger partial charge in [-0.15, -0.1) is 0 Å². The highest BCUT2D eigenvalue weighted by atomic mass is 32.2. The number of rotatable bonds is 6. The predicted octanol–water partition coefficient (Wildman–Crippen LogP) is 2.78. The lowest BCUT2D eigenvalue weighted by Gasteiger charge is -2.26. The molecule has 170 valence electrons. The Morgan fingerprint density at radius 3 is 2.56 bits per heavy atom.